The van der Waals surface area contributed by atoms with Gasteiger partial charge in [0.1, 0.15) is 5.69 Å². The van der Waals surface area contributed by atoms with E-state index < -0.39 is 23.6 Å². The molecule has 8 heteroatoms. The average molecular weight is 438 g/mol. The zero-order valence-corrected chi connectivity index (χ0v) is 19.2. The zero-order chi connectivity index (χ0) is 23.5. The number of aryl methyl sites for hydroxylation is 2. The molecule has 0 saturated heterocycles. The molecule has 8 nitrogen and oxygen atoms in total. The Bertz CT molecular complexity index is 1080. The van der Waals surface area contributed by atoms with E-state index in [-0.39, 0.29) is 5.91 Å². The number of aromatic nitrogens is 3. The number of carbonyl (C=O) groups excluding carboxylic acids is 1. The summed E-state index contributed by atoms with van der Waals surface area (Å²) in [4.78, 5) is 24.9. The van der Waals surface area contributed by atoms with Gasteiger partial charge in [0, 0.05) is 32.1 Å². The molecule has 2 atom stereocenters. The average Bonchev–Trinajstić information content (AvgIpc) is 3.30. The van der Waals surface area contributed by atoms with Crippen molar-refractivity contribution in [3.63, 3.8) is 0 Å². The summed E-state index contributed by atoms with van der Waals surface area (Å²) in [5, 5.41) is 19.4. The summed E-state index contributed by atoms with van der Waals surface area (Å²) in [6.07, 6.45) is 2.97. The molecular weight excluding hydrogens is 406 g/mol. The number of carboxylic acid groups (broad SMARTS) is 1. The van der Waals surface area contributed by atoms with Crippen LogP contribution in [0.5, 0.6) is 0 Å². The lowest BCUT2D eigenvalue weighted by molar-refractivity contribution is 0.0892. The van der Waals surface area contributed by atoms with Gasteiger partial charge in [0.15, 0.2) is 0 Å². The summed E-state index contributed by atoms with van der Waals surface area (Å²) in [6.45, 7) is 5.88. The van der Waals surface area contributed by atoms with Gasteiger partial charge in [0.05, 0.1) is 17.8 Å². The molecule has 1 aromatic carbocycles. The van der Waals surface area contributed by atoms with Crippen LogP contribution in [0.25, 0.3) is 11.3 Å². The van der Waals surface area contributed by atoms with E-state index in [0.29, 0.717) is 12.1 Å². The van der Waals surface area contributed by atoms with Crippen LogP contribution in [0.3, 0.4) is 0 Å². The third-order valence-electron chi connectivity index (χ3n) is 5.58. The second-order valence-corrected chi connectivity index (χ2v) is 9.13. The van der Waals surface area contributed by atoms with Gasteiger partial charge in [-0.15, -0.1) is 0 Å². The van der Waals surface area contributed by atoms with Crippen molar-refractivity contribution in [3.05, 3.63) is 66.1 Å². The molecule has 3 rings (SSSR count). The predicted molar refractivity (Wildman–Crippen MR) is 123 cm³/mol. The fourth-order valence-electron chi connectivity index (χ4n) is 4.00. The molecule has 0 bridgehead atoms. The van der Waals surface area contributed by atoms with Crippen LogP contribution in [0, 0.1) is 5.41 Å². The SMILES string of the molecule is Cn1cc(-c2ccnn2C)cc1C(=O)NC(Cc1ccccc1)C(NC(=O)O)C(C)(C)C. The Hall–Kier alpha value is -3.55. The maximum absolute atomic E-state index is 13.3. The van der Waals surface area contributed by atoms with Crippen molar-refractivity contribution in [1.29, 1.82) is 0 Å². The van der Waals surface area contributed by atoms with Crippen molar-refractivity contribution in [3.8, 4) is 11.3 Å². The summed E-state index contributed by atoms with van der Waals surface area (Å²) < 4.78 is 3.52. The lowest BCUT2D eigenvalue weighted by atomic mass is 9.80. The largest absolute Gasteiger partial charge is 0.465 e. The molecule has 0 saturated carbocycles. The highest BCUT2D eigenvalue weighted by Gasteiger charge is 2.35. The first-order chi connectivity index (χ1) is 15.1. The number of nitrogens with one attached hydrogen (secondary N) is 2. The van der Waals surface area contributed by atoms with Gasteiger partial charge in [-0.05, 0) is 29.5 Å². The van der Waals surface area contributed by atoms with E-state index in [1.807, 2.05) is 83.5 Å². The van der Waals surface area contributed by atoms with E-state index in [4.69, 9.17) is 0 Å². The van der Waals surface area contributed by atoms with Crippen molar-refractivity contribution in [2.75, 3.05) is 0 Å². The molecule has 0 fully saturated rings. The monoisotopic (exact) mass is 437 g/mol. The second-order valence-electron chi connectivity index (χ2n) is 9.13. The lowest BCUT2D eigenvalue weighted by Crippen LogP contribution is -2.58. The van der Waals surface area contributed by atoms with Gasteiger partial charge < -0.3 is 20.3 Å². The molecule has 0 aliphatic heterocycles. The van der Waals surface area contributed by atoms with Crippen molar-refractivity contribution in [1.82, 2.24) is 25.0 Å². The minimum Gasteiger partial charge on any atom is -0.465 e. The molecule has 0 spiro atoms. The van der Waals surface area contributed by atoms with Crippen LogP contribution in [0.4, 0.5) is 4.79 Å². The summed E-state index contributed by atoms with van der Waals surface area (Å²) >= 11 is 0. The molecule has 0 aliphatic rings. The zero-order valence-electron chi connectivity index (χ0n) is 19.2. The van der Waals surface area contributed by atoms with Gasteiger partial charge >= 0.3 is 6.09 Å². The van der Waals surface area contributed by atoms with Gasteiger partial charge in [-0.25, -0.2) is 4.79 Å². The Kier molecular flexibility index (Phi) is 6.72. The quantitative estimate of drug-likeness (QED) is 0.527. The van der Waals surface area contributed by atoms with Crippen LogP contribution >= 0.6 is 0 Å². The number of rotatable bonds is 7. The minimum atomic E-state index is -1.12. The molecule has 2 heterocycles. The Labute approximate surface area is 188 Å². The van der Waals surface area contributed by atoms with E-state index in [1.54, 1.807) is 15.4 Å². The molecular formula is C24H31N5O3. The number of benzene rings is 1. The van der Waals surface area contributed by atoms with E-state index >= 15 is 0 Å². The molecule has 32 heavy (non-hydrogen) atoms. The number of hydrogen-bond acceptors (Lipinski definition) is 3. The third kappa shape index (κ3) is 5.38. The van der Waals surface area contributed by atoms with Crippen LogP contribution in [0.1, 0.15) is 36.8 Å². The molecule has 170 valence electrons. The highest BCUT2D eigenvalue weighted by Crippen LogP contribution is 2.25. The maximum atomic E-state index is 13.3. The van der Waals surface area contributed by atoms with E-state index in [9.17, 15) is 14.7 Å². The van der Waals surface area contributed by atoms with Gasteiger partial charge in [-0.2, -0.15) is 5.10 Å². The lowest BCUT2D eigenvalue weighted by Gasteiger charge is -2.37. The predicted octanol–water partition coefficient (Wildman–Crippen LogP) is 3.45. The van der Waals surface area contributed by atoms with Crippen molar-refractivity contribution in [2.24, 2.45) is 19.5 Å². The molecule has 0 aliphatic carbocycles. The first-order valence-electron chi connectivity index (χ1n) is 10.5. The van der Waals surface area contributed by atoms with Gasteiger partial charge in [-0.3, -0.25) is 9.48 Å². The third-order valence-corrected chi connectivity index (χ3v) is 5.58. The number of amides is 2. The summed E-state index contributed by atoms with van der Waals surface area (Å²) in [5.74, 6) is -0.261. The van der Waals surface area contributed by atoms with Crippen LogP contribution in [0.2, 0.25) is 0 Å². The van der Waals surface area contributed by atoms with Crippen LogP contribution in [0.15, 0.2) is 54.9 Å². The van der Waals surface area contributed by atoms with Gasteiger partial charge in [-0.1, -0.05) is 51.1 Å². The van der Waals surface area contributed by atoms with Crippen molar-refractivity contribution >= 4 is 12.0 Å². The molecule has 2 aromatic heterocycles. The molecule has 2 unspecified atom stereocenters. The Morgan fingerprint density at radius 2 is 1.78 bits per heavy atom. The van der Waals surface area contributed by atoms with Crippen LogP contribution in [-0.2, 0) is 20.5 Å². The van der Waals surface area contributed by atoms with E-state index in [0.717, 1.165) is 16.8 Å². The summed E-state index contributed by atoms with van der Waals surface area (Å²) in [7, 11) is 3.67. The first kappa shape index (κ1) is 23.1. The first-order valence-corrected chi connectivity index (χ1v) is 10.5. The summed E-state index contributed by atoms with van der Waals surface area (Å²) in [5.41, 5.74) is 2.87. The Morgan fingerprint density at radius 3 is 2.34 bits per heavy atom. The number of carbonyl (C=O) groups is 2. The maximum Gasteiger partial charge on any atom is 0.404 e. The van der Waals surface area contributed by atoms with Crippen LogP contribution in [-0.4, -0.2) is 43.5 Å². The fourth-order valence-corrected chi connectivity index (χ4v) is 4.00. The molecule has 3 N–H and O–H groups in total. The fraction of sp³-hybridized carbons (Fsp3) is 0.375. The number of nitrogens with zero attached hydrogens (tertiary/aromatic N) is 3. The van der Waals surface area contributed by atoms with Gasteiger partial charge in [0.25, 0.3) is 5.91 Å². The van der Waals surface area contributed by atoms with E-state index in [1.165, 1.54) is 0 Å². The van der Waals surface area contributed by atoms with Crippen LogP contribution < -0.4 is 10.6 Å². The molecule has 0 radical (unpaired) electrons. The highest BCUT2D eigenvalue weighted by atomic mass is 16.4. The standard InChI is InChI=1S/C24H31N5O3/c1-24(2,3)21(27-23(31)32)18(13-16-9-7-6-8-10-16)26-22(30)20-14-17(15-28(20)4)19-11-12-25-29(19)5/h6-12,14-15,18,21,27H,13H2,1-5H3,(H,26,30)(H,31,32). The minimum absolute atomic E-state index is 0.261. The Morgan fingerprint density at radius 1 is 1.09 bits per heavy atom. The smallest absolute Gasteiger partial charge is 0.404 e. The summed E-state index contributed by atoms with van der Waals surface area (Å²) in [6, 6.07) is 12.5. The molecule has 2 amide bonds. The van der Waals surface area contributed by atoms with Crippen molar-refractivity contribution in [2.45, 2.75) is 39.3 Å². The topological polar surface area (TPSA) is 101 Å². The van der Waals surface area contributed by atoms with Crippen molar-refractivity contribution < 1.29 is 14.7 Å². The van der Waals surface area contributed by atoms with Gasteiger partial charge in [0.2, 0.25) is 0 Å². The molecule has 3 aromatic rings. The second kappa shape index (κ2) is 9.30. The number of hydrogen-bond donors (Lipinski definition) is 3. The van der Waals surface area contributed by atoms with E-state index in [2.05, 4.69) is 15.7 Å². The normalized spacial score (nSPS) is 13.4. The highest BCUT2D eigenvalue weighted by molar-refractivity contribution is 5.94. The Balaban J connectivity index is 1.91.